The third kappa shape index (κ3) is 5.61. The Kier molecular flexibility index (Phi) is 7.38. The van der Waals surface area contributed by atoms with Gasteiger partial charge in [0.15, 0.2) is 0 Å². The summed E-state index contributed by atoms with van der Waals surface area (Å²) in [5.74, 6) is -9.08. The number of rotatable bonds is 3. The number of morpholine rings is 1. The van der Waals surface area contributed by atoms with Crippen molar-refractivity contribution in [3.05, 3.63) is 35.4 Å². The molecule has 0 bridgehead atoms. The Morgan fingerprint density at radius 3 is 2.26 bits per heavy atom. The number of carboxylic acids is 1. The number of benzene rings is 1. The first-order valence-corrected chi connectivity index (χ1v) is 10.1. The van der Waals surface area contributed by atoms with Crippen molar-refractivity contribution >= 4 is 23.7 Å². The molecule has 0 aromatic heterocycles. The summed E-state index contributed by atoms with van der Waals surface area (Å²) in [4.78, 5) is 50.1. The van der Waals surface area contributed by atoms with Gasteiger partial charge in [0.2, 0.25) is 0 Å². The van der Waals surface area contributed by atoms with Crippen molar-refractivity contribution in [1.29, 1.82) is 0 Å². The lowest BCUT2D eigenvalue weighted by Crippen LogP contribution is -2.60. The average Bonchev–Trinajstić information content (AvgIpc) is 2.77. The maximum Gasteiger partial charge on any atom is 0.471 e. The number of amides is 3. The Hall–Kier alpha value is -3.29. The summed E-state index contributed by atoms with van der Waals surface area (Å²) in [5.41, 5.74) is -0.0245. The number of alkyl halides is 3. The number of aliphatic carboxylic acids is 1. The molecule has 2 aliphatic rings. The number of halogens is 5. The fourth-order valence-corrected chi connectivity index (χ4v) is 3.88. The van der Waals surface area contributed by atoms with Gasteiger partial charge in [-0.1, -0.05) is 6.07 Å². The molecule has 3 amide bonds. The summed E-state index contributed by atoms with van der Waals surface area (Å²) in [5, 5.41) is 10.8. The van der Waals surface area contributed by atoms with E-state index in [-0.39, 0.29) is 38.2 Å². The highest BCUT2D eigenvalue weighted by Gasteiger charge is 2.45. The first-order valence-electron chi connectivity index (χ1n) is 10.1. The molecule has 0 spiro atoms. The van der Waals surface area contributed by atoms with Gasteiger partial charge in [-0.15, -0.1) is 0 Å². The van der Waals surface area contributed by atoms with Gasteiger partial charge in [-0.25, -0.2) is 8.78 Å². The van der Waals surface area contributed by atoms with Crippen molar-refractivity contribution in [2.45, 2.75) is 24.7 Å². The number of hydrogen-bond donors (Lipinski definition) is 2. The molecule has 0 aliphatic carbocycles. The topological polar surface area (TPSA) is 116 Å². The fourth-order valence-electron chi connectivity index (χ4n) is 3.88. The summed E-state index contributed by atoms with van der Waals surface area (Å²) in [6, 6.07) is 1.24. The van der Waals surface area contributed by atoms with Gasteiger partial charge in [0, 0.05) is 31.3 Å². The molecule has 2 fully saturated rings. The van der Waals surface area contributed by atoms with Crippen molar-refractivity contribution in [2.75, 3.05) is 32.8 Å². The monoisotopic (exact) mass is 493 g/mol. The molecule has 0 radical (unpaired) electrons. The fraction of sp³-hybridized carbons (Fsp3) is 0.500. The molecule has 9 nitrogen and oxygen atoms in total. The lowest BCUT2D eigenvalue weighted by molar-refractivity contribution is -0.176. The van der Waals surface area contributed by atoms with E-state index in [1.165, 1.54) is 0 Å². The number of carboxylic acid groups (broad SMARTS) is 1. The number of likely N-dealkylation sites (tertiary alicyclic amines) is 1. The second kappa shape index (κ2) is 9.91. The Morgan fingerprint density at radius 2 is 1.68 bits per heavy atom. The minimum Gasteiger partial charge on any atom is -0.481 e. The third-order valence-corrected chi connectivity index (χ3v) is 5.64. The van der Waals surface area contributed by atoms with Crippen LogP contribution >= 0.6 is 0 Å². The number of nitrogens with one attached hydrogen (secondary N) is 1. The molecule has 1 aromatic carbocycles. The highest BCUT2D eigenvalue weighted by Crippen LogP contribution is 2.26. The highest BCUT2D eigenvalue weighted by atomic mass is 19.4. The van der Waals surface area contributed by atoms with Crippen LogP contribution in [0.25, 0.3) is 0 Å². The number of piperidine rings is 1. The molecule has 186 valence electrons. The molecule has 14 heteroatoms. The minimum absolute atomic E-state index is 0.0245. The Balaban J connectivity index is 1.69. The summed E-state index contributed by atoms with van der Waals surface area (Å²) in [6.45, 7) is -1.20. The summed E-state index contributed by atoms with van der Waals surface area (Å²) < 4.78 is 70.5. The average molecular weight is 493 g/mol. The van der Waals surface area contributed by atoms with E-state index in [9.17, 15) is 46.2 Å². The van der Waals surface area contributed by atoms with E-state index in [1.54, 1.807) is 5.32 Å². The van der Waals surface area contributed by atoms with Gasteiger partial charge in [-0.3, -0.25) is 19.2 Å². The molecule has 3 unspecified atom stereocenters. The first kappa shape index (κ1) is 25.3. The summed E-state index contributed by atoms with van der Waals surface area (Å²) >= 11 is 0. The maximum absolute atomic E-state index is 14.1. The molecule has 2 saturated heterocycles. The zero-order valence-corrected chi connectivity index (χ0v) is 17.5. The third-order valence-electron chi connectivity index (χ3n) is 5.64. The molecule has 0 saturated carbocycles. The van der Waals surface area contributed by atoms with E-state index in [0.29, 0.717) is 6.07 Å². The number of carbonyl (C=O) groups excluding carboxylic acids is 3. The van der Waals surface area contributed by atoms with E-state index in [4.69, 9.17) is 4.74 Å². The second-order valence-electron chi connectivity index (χ2n) is 7.84. The van der Waals surface area contributed by atoms with Crippen molar-refractivity contribution < 1.29 is 51.0 Å². The summed E-state index contributed by atoms with van der Waals surface area (Å²) in [6.07, 6.45) is -6.53. The largest absolute Gasteiger partial charge is 0.481 e. The van der Waals surface area contributed by atoms with Gasteiger partial charge in [0.25, 0.3) is 0 Å². The molecular formula is C20H20F5N3O6. The SMILES string of the molecule is O=C(O)C1CCN(C(=O)C(=O)N2CCOC(c3ccc(F)cc3F)C2)CC1NC(=O)C(F)(F)F. The molecule has 2 heterocycles. The summed E-state index contributed by atoms with van der Waals surface area (Å²) in [7, 11) is 0. The van der Waals surface area contributed by atoms with Crippen LogP contribution in [0.1, 0.15) is 18.1 Å². The predicted molar refractivity (Wildman–Crippen MR) is 102 cm³/mol. The highest BCUT2D eigenvalue weighted by molar-refractivity contribution is 6.35. The van der Waals surface area contributed by atoms with Crippen LogP contribution < -0.4 is 5.32 Å². The number of ether oxygens (including phenoxy) is 1. The van der Waals surface area contributed by atoms with Gasteiger partial charge in [-0.2, -0.15) is 13.2 Å². The normalized spacial score (nSPS) is 23.4. The molecule has 3 rings (SSSR count). The van der Waals surface area contributed by atoms with Crippen molar-refractivity contribution in [3.63, 3.8) is 0 Å². The zero-order chi connectivity index (χ0) is 25.2. The second-order valence-corrected chi connectivity index (χ2v) is 7.84. The van der Waals surface area contributed by atoms with E-state index >= 15 is 0 Å². The predicted octanol–water partition coefficient (Wildman–Crippen LogP) is 0.845. The maximum atomic E-state index is 14.1. The molecule has 3 atom stereocenters. The van der Waals surface area contributed by atoms with Gasteiger partial charge in [-0.05, 0) is 12.5 Å². The van der Waals surface area contributed by atoms with E-state index in [2.05, 4.69) is 0 Å². The van der Waals surface area contributed by atoms with Gasteiger partial charge in [0.05, 0.1) is 25.1 Å². The first-order chi connectivity index (χ1) is 15.9. The van der Waals surface area contributed by atoms with E-state index < -0.39 is 66.1 Å². The Bertz CT molecular complexity index is 988. The van der Waals surface area contributed by atoms with Crippen LogP contribution in [0.3, 0.4) is 0 Å². The molecule has 2 N–H and O–H groups in total. The smallest absolute Gasteiger partial charge is 0.471 e. The van der Waals surface area contributed by atoms with Crippen LogP contribution in [0.15, 0.2) is 18.2 Å². The van der Waals surface area contributed by atoms with Gasteiger partial charge in [0.1, 0.15) is 17.7 Å². The Morgan fingerprint density at radius 1 is 1.03 bits per heavy atom. The lowest BCUT2D eigenvalue weighted by atomic mass is 9.91. The van der Waals surface area contributed by atoms with Crippen molar-refractivity contribution in [3.8, 4) is 0 Å². The van der Waals surface area contributed by atoms with Gasteiger partial charge < -0.3 is 25.0 Å². The van der Waals surface area contributed by atoms with Crippen molar-refractivity contribution in [2.24, 2.45) is 5.92 Å². The number of hydrogen-bond acceptors (Lipinski definition) is 5. The van der Waals surface area contributed by atoms with E-state index in [1.807, 2.05) is 0 Å². The van der Waals surface area contributed by atoms with Crippen LogP contribution in [-0.4, -0.2) is 83.6 Å². The van der Waals surface area contributed by atoms with Crippen LogP contribution in [0.2, 0.25) is 0 Å². The molecule has 2 aliphatic heterocycles. The minimum atomic E-state index is -5.26. The molecular weight excluding hydrogens is 473 g/mol. The van der Waals surface area contributed by atoms with Crippen LogP contribution in [-0.2, 0) is 23.9 Å². The van der Waals surface area contributed by atoms with E-state index in [0.717, 1.165) is 21.9 Å². The zero-order valence-electron chi connectivity index (χ0n) is 17.5. The van der Waals surface area contributed by atoms with Crippen LogP contribution in [0, 0.1) is 17.6 Å². The molecule has 1 aromatic rings. The Labute approximate surface area is 189 Å². The van der Waals surface area contributed by atoms with Crippen molar-refractivity contribution in [1.82, 2.24) is 15.1 Å². The van der Waals surface area contributed by atoms with Gasteiger partial charge >= 0.3 is 29.9 Å². The lowest BCUT2D eigenvalue weighted by Gasteiger charge is -2.38. The van der Waals surface area contributed by atoms with Crippen LogP contribution in [0.4, 0.5) is 22.0 Å². The quantitative estimate of drug-likeness (QED) is 0.477. The number of carbonyl (C=O) groups is 4. The van der Waals surface area contributed by atoms with Crippen LogP contribution in [0.5, 0.6) is 0 Å². The number of nitrogens with zero attached hydrogens (tertiary/aromatic N) is 2. The molecule has 34 heavy (non-hydrogen) atoms. The standard InChI is InChI=1S/C20H20F5N3O6/c21-10-1-2-11(13(22)7-10)15-9-28(5-6-34-15)17(30)16(29)27-4-3-12(18(31)32)14(8-27)26-19(33)20(23,24)25/h1-2,7,12,14-15H,3-6,8-9H2,(H,26,33)(H,31,32).